The number of carbonyl (C=O) groups excluding carboxylic acids is 3. The molecule has 0 radical (unpaired) electrons. The van der Waals surface area contributed by atoms with Gasteiger partial charge >= 0.3 is 0 Å². The molecule has 0 rings (SSSR count). The third kappa shape index (κ3) is 10.8. The van der Waals surface area contributed by atoms with Crippen LogP contribution < -0.4 is 21.7 Å². The number of amides is 2. The fourth-order valence-corrected chi connectivity index (χ4v) is 2.65. The van der Waals surface area contributed by atoms with E-state index in [-0.39, 0.29) is 27.4 Å². The van der Waals surface area contributed by atoms with Crippen LogP contribution in [0, 0.1) is 11.8 Å². The highest BCUT2D eigenvalue weighted by Gasteiger charge is 2.30. The van der Waals surface area contributed by atoms with Gasteiger partial charge in [-0.15, -0.1) is 0 Å². The first-order valence-electron chi connectivity index (χ1n) is 8.69. The van der Waals surface area contributed by atoms with Crippen molar-refractivity contribution in [1.29, 1.82) is 0 Å². The minimum Gasteiger partial charge on any atom is -0.348 e. The first-order chi connectivity index (χ1) is 11.3. The van der Waals surface area contributed by atoms with Crippen molar-refractivity contribution >= 4 is 38.2 Å². The molecule has 0 aliphatic rings. The molecule has 7 nitrogen and oxygen atoms in total. The molecule has 2 unspecified atom stereocenters. The van der Waals surface area contributed by atoms with E-state index in [2.05, 4.69) is 16.0 Å². The lowest BCUT2D eigenvalue weighted by Gasteiger charge is -2.31. The van der Waals surface area contributed by atoms with Crippen LogP contribution in [-0.4, -0.2) is 39.9 Å². The van der Waals surface area contributed by atoms with E-state index in [0.29, 0.717) is 19.4 Å². The number of nitrogens with two attached hydrogens (primary N) is 1. The summed E-state index contributed by atoms with van der Waals surface area (Å²) >= 11 is 1.66. The Morgan fingerprint density at radius 2 is 1.68 bits per heavy atom. The average Bonchev–Trinajstić information content (AvgIpc) is 2.45. The van der Waals surface area contributed by atoms with E-state index in [9.17, 15) is 14.4 Å². The molecule has 0 saturated heterocycles. The second-order valence-corrected chi connectivity index (χ2v) is 8.53. The quantitative estimate of drug-likeness (QED) is 0.122. The van der Waals surface area contributed by atoms with Crippen LogP contribution in [0.15, 0.2) is 0 Å². The number of hydrogen-bond donors (Lipinski definition) is 4. The van der Waals surface area contributed by atoms with Gasteiger partial charge in [-0.25, -0.2) is 0 Å². The summed E-state index contributed by atoms with van der Waals surface area (Å²) in [5.74, 6) is -0.397. The predicted octanol–water partition coefficient (Wildman–Crippen LogP) is 1.93. The lowest BCUT2D eigenvalue weighted by Crippen LogP contribution is -2.60. The Morgan fingerprint density at radius 3 is 2.08 bits per heavy atom. The van der Waals surface area contributed by atoms with Gasteiger partial charge in [0.1, 0.15) is 0 Å². The molecule has 8 heteroatoms. The van der Waals surface area contributed by atoms with Crippen LogP contribution in [-0.2, 0) is 9.59 Å². The number of ketones is 1. The lowest BCUT2D eigenvalue weighted by atomic mass is 9.96. The van der Waals surface area contributed by atoms with Crippen molar-refractivity contribution in [3.8, 4) is 0 Å². The smallest absolute Gasteiger partial charge is 0.280 e. The van der Waals surface area contributed by atoms with Crippen molar-refractivity contribution in [3.63, 3.8) is 0 Å². The Bertz CT molecular complexity index is 461. The molecule has 0 aliphatic carbocycles. The van der Waals surface area contributed by atoms with Crippen LogP contribution in [0.3, 0.4) is 0 Å². The largest absolute Gasteiger partial charge is 0.348 e. The maximum absolute atomic E-state index is 12.7. The van der Waals surface area contributed by atoms with Crippen molar-refractivity contribution in [3.05, 3.63) is 0 Å². The molecule has 0 spiro atoms. The van der Waals surface area contributed by atoms with Crippen LogP contribution in [0.1, 0.15) is 54.4 Å². The van der Waals surface area contributed by atoms with Crippen molar-refractivity contribution in [2.45, 2.75) is 72.1 Å². The van der Waals surface area contributed by atoms with Crippen molar-refractivity contribution in [2.24, 2.45) is 17.6 Å². The van der Waals surface area contributed by atoms with Gasteiger partial charge in [-0.1, -0.05) is 27.7 Å². The molecule has 5 N–H and O–H groups in total. The molecule has 0 aromatic rings. The highest BCUT2D eigenvalue weighted by Crippen LogP contribution is 2.10. The van der Waals surface area contributed by atoms with Gasteiger partial charge in [0.25, 0.3) is 3.91 Å². The molecule has 0 fully saturated rings. The summed E-state index contributed by atoms with van der Waals surface area (Å²) in [4.78, 5) is 36.0. The zero-order chi connectivity index (χ0) is 19.8. The maximum Gasteiger partial charge on any atom is 0.280 e. The molecule has 0 saturated carbocycles. The third-order valence-corrected chi connectivity index (χ3v) is 4.02. The number of hydrogen-bond acceptors (Lipinski definition) is 5. The standard InChI is InChI=1S/C17H33IN4O3/c1-10(2)13(22-17(5,6)19)15(24)21-12(14(23)11(3)4)8-7-9-20-16(18)25/h10-13,22H,7-9,19H2,1-6H3,(H,20,25)(H,21,24). The van der Waals surface area contributed by atoms with E-state index in [1.165, 1.54) is 0 Å². The minimum atomic E-state index is -0.700. The lowest BCUT2D eigenvalue weighted by molar-refractivity contribution is -0.131. The van der Waals surface area contributed by atoms with Gasteiger partial charge in [-0.3, -0.25) is 19.7 Å². The fourth-order valence-electron chi connectivity index (χ4n) is 2.38. The molecular formula is C17H33IN4O3. The monoisotopic (exact) mass is 468 g/mol. The topological polar surface area (TPSA) is 113 Å². The number of halogens is 1. The molecule has 0 aromatic carbocycles. The molecular weight excluding hydrogens is 435 g/mol. The summed E-state index contributed by atoms with van der Waals surface area (Å²) in [6, 6.07) is -1.06. The van der Waals surface area contributed by atoms with E-state index in [0.717, 1.165) is 0 Å². The third-order valence-electron chi connectivity index (χ3n) is 3.64. The summed E-state index contributed by atoms with van der Waals surface area (Å²) in [6.45, 7) is 11.5. The van der Waals surface area contributed by atoms with Gasteiger partial charge in [0.15, 0.2) is 5.78 Å². The fraction of sp³-hybridized carbons (Fsp3) is 0.824. The number of rotatable bonds is 11. The molecule has 0 aromatic heterocycles. The predicted molar refractivity (Wildman–Crippen MR) is 108 cm³/mol. The Hall–Kier alpha value is -0.740. The zero-order valence-electron chi connectivity index (χ0n) is 16.1. The van der Waals surface area contributed by atoms with E-state index in [1.807, 2.05) is 27.7 Å². The Morgan fingerprint density at radius 1 is 1.12 bits per heavy atom. The van der Waals surface area contributed by atoms with E-state index >= 15 is 0 Å². The summed E-state index contributed by atoms with van der Waals surface area (Å²) in [6.07, 6.45) is 1.09. The normalized spacial score (nSPS) is 14.3. The SMILES string of the molecule is CC(C)C(=O)C(CCCNC(=O)I)NC(=O)C(NC(C)(C)N)C(C)C. The Balaban J connectivity index is 4.97. The molecule has 25 heavy (non-hydrogen) atoms. The highest BCUT2D eigenvalue weighted by atomic mass is 127. The molecule has 146 valence electrons. The van der Waals surface area contributed by atoms with Crippen LogP contribution >= 0.6 is 22.6 Å². The summed E-state index contributed by atoms with van der Waals surface area (Å²) in [5, 5.41) is 8.67. The van der Waals surface area contributed by atoms with E-state index in [1.54, 1.807) is 36.4 Å². The van der Waals surface area contributed by atoms with E-state index in [4.69, 9.17) is 5.73 Å². The van der Waals surface area contributed by atoms with Crippen LogP contribution in [0.25, 0.3) is 0 Å². The van der Waals surface area contributed by atoms with Gasteiger partial charge in [-0.2, -0.15) is 0 Å². The second kappa shape index (κ2) is 11.1. The van der Waals surface area contributed by atoms with Gasteiger partial charge in [-0.05, 0) is 32.6 Å². The number of carbonyl (C=O) groups is 3. The summed E-state index contributed by atoms with van der Waals surface area (Å²) in [5.41, 5.74) is 5.28. The van der Waals surface area contributed by atoms with Gasteiger partial charge in [0.2, 0.25) is 5.91 Å². The van der Waals surface area contributed by atoms with Crippen LogP contribution in [0.4, 0.5) is 4.79 Å². The van der Waals surface area contributed by atoms with Crippen LogP contribution in [0.2, 0.25) is 0 Å². The first kappa shape index (κ1) is 24.3. The molecule has 0 aliphatic heterocycles. The second-order valence-electron chi connectivity index (χ2n) is 7.55. The van der Waals surface area contributed by atoms with Crippen molar-refractivity contribution in [1.82, 2.24) is 16.0 Å². The molecule has 2 amide bonds. The van der Waals surface area contributed by atoms with Crippen molar-refractivity contribution in [2.75, 3.05) is 6.54 Å². The molecule has 0 bridgehead atoms. The van der Waals surface area contributed by atoms with Crippen LogP contribution in [0.5, 0.6) is 0 Å². The summed E-state index contributed by atoms with van der Waals surface area (Å²) < 4.78 is -0.136. The Labute approximate surface area is 164 Å². The van der Waals surface area contributed by atoms with Gasteiger partial charge in [0, 0.05) is 35.1 Å². The maximum atomic E-state index is 12.7. The molecule has 2 atom stereocenters. The Kier molecular flexibility index (Phi) is 10.7. The number of nitrogens with one attached hydrogen (secondary N) is 3. The van der Waals surface area contributed by atoms with Gasteiger partial charge < -0.3 is 16.4 Å². The first-order valence-corrected chi connectivity index (χ1v) is 9.77. The highest BCUT2D eigenvalue weighted by molar-refractivity contribution is 14.1. The average molecular weight is 468 g/mol. The summed E-state index contributed by atoms with van der Waals surface area (Å²) in [7, 11) is 0. The van der Waals surface area contributed by atoms with Crippen molar-refractivity contribution < 1.29 is 14.4 Å². The van der Waals surface area contributed by atoms with Gasteiger partial charge in [0.05, 0.1) is 17.7 Å². The van der Waals surface area contributed by atoms with E-state index < -0.39 is 17.7 Å². The number of Topliss-reactive ketones (excluding diaryl/α,β-unsaturated/α-hetero) is 1. The minimum absolute atomic E-state index is 0.0105. The zero-order valence-corrected chi connectivity index (χ0v) is 18.3. The molecule has 0 heterocycles.